The third kappa shape index (κ3) is 2.50. The molecule has 1 heterocycles. The van der Waals surface area contributed by atoms with Crippen molar-refractivity contribution in [1.82, 2.24) is 10.1 Å². The number of carbonyl (C=O) groups is 1. The number of carbonyl (C=O) groups excluding carboxylic acids is 1. The topological polar surface area (TPSA) is 46.3 Å². The molecule has 4 saturated carbocycles. The van der Waals surface area contributed by atoms with Gasteiger partial charge in [-0.1, -0.05) is 35.5 Å². The fraction of sp³-hybridized carbons (Fsp3) is 0.524. The van der Waals surface area contributed by atoms with Gasteiger partial charge in [0.2, 0.25) is 5.76 Å². The Morgan fingerprint density at radius 1 is 1.04 bits per heavy atom. The second-order valence-electron chi connectivity index (χ2n) is 8.28. The van der Waals surface area contributed by atoms with Crippen molar-refractivity contribution in [2.45, 2.75) is 38.1 Å². The number of hydrogen-bond acceptors (Lipinski definition) is 3. The first-order chi connectivity index (χ1) is 12.2. The first-order valence-electron chi connectivity index (χ1n) is 9.48. The highest BCUT2D eigenvalue weighted by Gasteiger charge is 2.50. The van der Waals surface area contributed by atoms with E-state index in [1.165, 1.54) is 32.1 Å². The zero-order chi connectivity index (χ0) is 17.0. The lowest BCUT2D eigenvalue weighted by molar-refractivity contribution is -0.0498. The van der Waals surface area contributed by atoms with Gasteiger partial charge in [0.05, 0.1) is 0 Å². The summed E-state index contributed by atoms with van der Waals surface area (Å²) in [6.45, 7) is 0. The SMILES string of the molecule is CN(C(=O)c1cc(-c2ccccc2)no1)C1C2CC3CC(C2)CC1C3. The summed E-state index contributed by atoms with van der Waals surface area (Å²) in [6, 6.07) is 12.0. The Bertz CT molecular complexity index is 754. The van der Waals surface area contributed by atoms with Gasteiger partial charge >= 0.3 is 0 Å². The Balaban J connectivity index is 1.37. The predicted octanol–water partition coefficient (Wildman–Crippen LogP) is 4.24. The number of nitrogens with zero attached hydrogens (tertiary/aromatic N) is 2. The Morgan fingerprint density at radius 3 is 2.32 bits per heavy atom. The van der Waals surface area contributed by atoms with Crippen LogP contribution >= 0.6 is 0 Å². The van der Waals surface area contributed by atoms with E-state index < -0.39 is 0 Å². The predicted molar refractivity (Wildman–Crippen MR) is 94.9 cm³/mol. The van der Waals surface area contributed by atoms with E-state index in [0.29, 0.717) is 23.6 Å². The van der Waals surface area contributed by atoms with Crippen molar-refractivity contribution in [3.63, 3.8) is 0 Å². The summed E-state index contributed by atoms with van der Waals surface area (Å²) in [5.74, 6) is 3.53. The molecule has 0 spiro atoms. The molecule has 1 amide bonds. The van der Waals surface area contributed by atoms with Crippen molar-refractivity contribution >= 4 is 5.91 Å². The number of aromatic nitrogens is 1. The van der Waals surface area contributed by atoms with Crippen LogP contribution in [0.5, 0.6) is 0 Å². The molecule has 4 nitrogen and oxygen atoms in total. The first kappa shape index (κ1) is 15.2. The zero-order valence-corrected chi connectivity index (χ0v) is 14.6. The van der Waals surface area contributed by atoms with Crippen molar-refractivity contribution in [1.29, 1.82) is 0 Å². The summed E-state index contributed by atoms with van der Waals surface area (Å²) in [6.07, 6.45) is 6.66. The molecule has 0 atom stereocenters. The molecule has 0 saturated heterocycles. The second kappa shape index (κ2) is 5.72. The van der Waals surface area contributed by atoms with E-state index in [4.69, 9.17) is 4.52 Å². The summed E-state index contributed by atoms with van der Waals surface area (Å²) in [5, 5.41) is 4.10. The van der Waals surface area contributed by atoms with E-state index in [1.807, 2.05) is 42.3 Å². The van der Waals surface area contributed by atoms with Crippen LogP contribution in [0, 0.1) is 23.7 Å². The Labute approximate surface area is 148 Å². The number of rotatable bonds is 3. The van der Waals surface area contributed by atoms with Gasteiger partial charge in [0, 0.05) is 24.7 Å². The lowest BCUT2D eigenvalue weighted by Gasteiger charge is -2.56. The summed E-state index contributed by atoms with van der Waals surface area (Å²) in [4.78, 5) is 15.0. The average molecular weight is 336 g/mol. The lowest BCUT2D eigenvalue weighted by atomic mass is 9.54. The van der Waals surface area contributed by atoms with E-state index in [9.17, 15) is 4.79 Å². The lowest BCUT2D eigenvalue weighted by Crippen LogP contribution is -2.56. The highest BCUT2D eigenvalue weighted by Crippen LogP contribution is 2.55. The molecule has 0 radical (unpaired) electrons. The molecule has 130 valence electrons. The molecule has 25 heavy (non-hydrogen) atoms. The smallest absolute Gasteiger partial charge is 0.292 e. The summed E-state index contributed by atoms with van der Waals surface area (Å²) >= 11 is 0. The molecule has 4 fully saturated rings. The van der Waals surface area contributed by atoms with Crippen LogP contribution < -0.4 is 0 Å². The normalized spacial score (nSPS) is 32.8. The van der Waals surface area contributed by atoms with Gasteiger partial charge in [0.25, 0.3) is 5.91 Å². The van der Waals surface area contributed by atoms with Crippen LogP contribution in [-0.2, 0) is 0 Å². The molecule has 1 aromatic heterocycles. The van der Waals surface area contributed by atoms with E-state index in [1.54, 1.807) is 6.07 Å². The fourth-order valence-electron chi connectivity index (χ4n) is 5.96. The monoisotopic (exact) mass is 336 g/mol. The van der Waals surface area contributed by atoms with Crippen LogP contribution in [0.4, 0.5) is 0 Å². The quantitative estimate of drug-likeness (QED) is 0.842. The van der Waals surface area contributed by atoms with Gasteiger partial charge in [0.1, 0.15) is 5.69 Å². The molecular formula is C21H24N2O2. The third-order valence-corrected chi connectivity index (χ3v) is 6.74. The molecule has 4 bridgehead atoms. The van der Waals surface area contributed by atoms with Crippen LogP contribution in [0.1, 0.15) is 42.7 Å². The highest BCUT2D eigenvalue weighted by molar-refractivity contribution is 5.92. The molecule has 0 aliphatic heterocycles. The van der Waals surface area contributed by atoms with Gasteiger partial charge in [-0.25, -0.2) is 0 Å². The maximum atomic E-state index is 13.0. The highest BCUT2D eigenvalue weighted by atomic mass is 16.5. The Morgan fingerprint density at radius 2 is 1.68 bits per heavy atom. The molecule has 4 aliphatic carbocycles. The zero-order valence-electron chi connectivity index (χ0n) is 14.6. The minimum atomic E-state index is -0.0212. The maximum absolute atomic E-state index is 13.0. The number of amides is 1. The minimum Gasteiger partial charge on any atom is -0.350 e. The average Bonchev–Trinajstić information content (AvgIpc) is 3.11. The van der Waals surface area contributed by atoms with Crippen LogP contribution in [0.25, 0.3) is 11.3 Å². The molecular weight excluding hydrogens is 312 g/mol. The van der Waals surface area contributed by atoms with E-state index in [-0.39, 0.29) is 5.91 Å². The van der Waals surface area contributed by atoms with Crippen molar-refractivity contribution in [3.05, 3.63) is 42.2 Å². The first-order valence-corrected chi connectivity index (χ1v) is 9.48. The van der Waals surface area contributed by atoms with Crippen molar-refractivity contribution < 1.29 is 9.32 Å². The molecule has 6 rings (SSSR count). The van der Waals surface area contributed by atoms with Crippen LogP contribution in [0.2, 0.25) is 0 Å². The number of hydrogen-bond donors (Lipinski definition) is 0. The molecule has 2 aromatic rings. The van der Waals surface area contributed by atoms with E-state index in [0.717, 1.165) is 23.1 Å². The van der Waals surface area contributed by atoms with Gasteiger partial charge in [-0.3, -0.25) is 4.79 Å². The van der Waals surface area contributed by atoms with Gasteiger partial charge in [-0.15, -0.1) is 0 Å². The molecule has 4 aliphatic rings. The summed E-state index contributed by atoms with van der Waals surface area (Å²) in [5.41, 5.74) is 1.70. The molecule has 0 N–H and O–H groups in total. The maximum Gasteiger partial charge on any atom is 0.292 e. The van der Waals surface area contributed by atoms with Gasteiger partial charge in [-0.05, 0) is 55.8 Å². The van der Waals surface area contributed by atoms with Crippen LogP contribution in [-0.4, -0.2) is 29.1 Å². The van der Waals surface area contributed by atoms with Gasteiger partial charge in [-0.2, -0.15) is 0 Å². The Kier molecular flexibility index (Phi) is 3.47. The van der Waals surface area contributed by atoms with Crippen molar-refractivity contribution in [3.8, 4) is 11.3 Å². The second-order valence-corrected chi connectivity index (χ2v) is 8.28. The van der Waals surface area contributed by atoms with Crippen LogP contribution in [0.15, 0.2) is 40.9 Å². The minimum absolute atomic E-state index is 0.0212. The van der Waals surface area contributed by atoms with E-state index >= 15 is 0 Å². The fourth-order valence-corrected chi connectivity index (χ4v) is 5.96. The molecule has 0 unspecified atom stereocenters. The summed E-state index contributed by atoms with van der Waals surface area (Å²) in [7, 11) is 1.96. The summed E-state index contributed by atoms with van der Waals surface area (Å²) < 4.78 is 5.40. The molecule has 4 heteroatoms. The Hall–Kier alpha value is -2.10. The third-order valence-electron chi connectivity index (χ3n) is 6.74. The van der Waals surface area contributed by atoms with Gasteiger partial charge in [0.15, 0.2) is 0 Å². The van der Waals surface area contributed by atoms with Crippen LogP contribution in [0.3, 0.4) is 0 Å². The van der Waals surface area contributed by atoms with Crippen molar-refractivity contribution in [2.24, 2.45) is 23.7 Å². The van der Waals surface area contributed by atoms with Gasteiger partial charge < -0.3 is 9.42 Å². The number of benzene rings is 1. The largest absolute Gasteiger partial charge is 0.350 e. The standard InChI is InChI=1S/C21H24N2O2/c1-23(20-16-8-13-7-14(10-16)11-17(20)9-13)21(24)19-12-18(22-25-19)15-5-3-2-4-6-15/h2-6,12-14,16-17,20H,7-11H2,1H3. The van der Waals surface area contributed by atoms with Crippen molar-refractivity contribution in [2.75, 3.05) is 7.05 Å². The van der Waals surface area contributed by atoms with E-state index in [2.05, 4.69) is 5.16 Å². The molecule has 1 aromatic carbocycles.